The predicted molar refractivity (Wildman–Crippen MR) is 101 cm³/mol. The molecule has 0 aliphatic carbocycles. The van der Waals surface area contributed by atoms with E-state index in [0.717, 1.165) is 34.2 Å². The van der Waals surface area contributed by atoms with Crippen molar-refractivity contribution in [1.82, 2.24) is 0 Å². The molecule has 0 fully saturated rings. The number of hydrogen-bond acceptors (Lipinski definition) is 1. The van der Waals surface area contributed by atoms with E-state index in [-0.39, 0.29) is 0 Å². The fourth-order valence-corrected chi connectivity index (χ4v) is 3.01. The van der Waals surface area contributed by atoms with Crippen molar-refractivity contribution in [2.24, 2.45) is 0 Å². The van der Waals surface area contributed by atoms with Crippen LogP contribution in [0.3, 0.4) is 0 Å². The van der Waals surface area contributed by atoms with E-state index in [1.807, 2.05) is 72.8 Å². The maximum absolute atomic E-state index is 6.20. The maximum atomic E-state index is 6.20. The molecule has 0 bridgehead atoms. The summed E-state index contributed by atoms with van der Waals surface area (Å²) in [5.41, 5.74) is 3.07. The summed E-state index contributed by atoms with van der Waals surface area (Å²) in [6, 6.07) is 28.2. The number of benzene rings is 3. The molecule has 1 heterocycles. The van der Waals surface area contributed by atoms with E-state index >= 15 is 0 Å². The van der Waals surface area contributed by atoms with Gasteiger partial charge in [0.2, 0.25) is 5.36 Å². The van der Waals surface area contributed by atoms with E-state index in [2.05, 4.69) is 17.1 Å². The summed E-state index contributed by atoms with van der Waals surface area (Å²) in [7, 11) is 0. The van der Waals surface area contributed by atoms with Crippen LogP contribution in [-0.4, -0.2) is 0 Å². The Balaban J connectivity index is 1.89. The van der Waals surface area contributed by atoms with Crippen molar-refractivity contribution in [1.29, 1.82) is 0 Å². The molecule has 122 valence electrons. The highest BCUT2D eigenvalue weighted by Crippen LogP contribution is 2.23. The summed E-state index contributed by atoms with van der Waals surface area (Å²) in [5.74, 6) is 0.825. The molecule has 0 spiro atoms. The van der Waals surface area contributed by atoms with Crippen LogP contribution in [0.5, 0.6) is 0 Å². The van der Waals surface area contributed by atoms with Crippen LogP contribution in [0.4, 0.5) is 0 Å². The Hall–Kier alpha value is -2.84. The first kappa shape index (κ1) is 15.7. The quantitative estimate of drug-likeness (QED) is 0.598. The monoisotopic (exact) mass is 346 g/mol. The van der Waals surface area contributed by atoms with E-state index < -0.39 is 0 Å². The van der Waals surface area contributed by atoms with Gasteiger partial charge in [0.05, 0.1) is 11.5 Å². The molecule has 3 heteroatoms. The lowest BCUT2D eigenvalue weighted by molar-refractivity contribution is -0.516. The van der Waals surface area contributed by atoms with Crippen LogP contribution in [0.25, 0.3) is 22.3 Å². The van der Waals surface area contributed by atoms with Crippen molar-refractivity contribution in [3.05, 3.63) is 101 Å². The van der Waals surface area contributed by atoms with Crippen LogP contribution in [0.2, 0.25) is 5.02 Å². The van der Waals surface area contributed by atoms with Gasteiger partial charge in [-0.05, 0) is 18.2 Å². The molecule has 0 amide bonds. The Morgan fingerprint density at radius 2 is 1.52 bits per heavy atom. The number of halogens is 1. The fourth-order valence-electron chi connectivity index (χ4n) is 2.84. The Labute approximate surface area is 151 Å². The SMILES string of the molecule is Clc1ccc2oc(-c3ccccc3)cc(=[NH+]Cc3ccccc3)c2c1. The second-order valence-electron chi connectivity index (χ2n) is 5.87. The molecule has 0 saturated carbocycles. The van der Waals surface area contributed by atoms with Crippen LogP contribution < -0.4 is 10.3 Å². The van der Waals surface area contributed by atoms with Crippen LogP contribution in [0.1, 0.15) is 5.56 Å². The van der Waals surface area contributed by atoms with Crippen molar-refractivity contribution in [3.8, 4) is 11.3 Å². The van der Waals surface area contributed by atoms with Gasteiger partial charge in [0, 0.05) is 16.1 Å². The Morgan fingerprint density at radius 1 is 0.800 bits per heavy atom. The molecule has 0 atom stereocenters. The standard InChI is InChI=1S/C22H16ClNO/c23-18-11-12-21-19(13-18)20(24-15-16-7-3-1-4-8-16)14-22(25-21)17-9-5-2-6-10-17/h1-14H,15H2/p+1. The molecule has 2 nitrogen and oxygen atoms in total. The van der Waals surface area contributed by atoms with Gasteiger partial charge in [0.25, 0.3) is 0 Å². The van der Waals surface area contributed by atoms with Gasteiger partial charge in [-0.3, -0.25) is 0 Å². The minimum atomic E-state index is 0.693. The highest BCUT2D eigenvalue weighted by Gasteiger charge is 2.09. The third-order valence-corrected chi connectivity index (χ3v) is 4.35. The topological polar surface area (TPSA) is 27.1 Å². The molecule has 0 aliphatic rings. The lowest BCUT2D eigenvalue weighted by atomic mass is 10.1. The molecule has 0 radical (unpaired) electrons. The fraction of sp³-hybridized carbons (Fsp3) is 0.0455. The Morgan fingerprint density at radius 3 is 2.28 bits per heavy atom. The second kappa shape index (κ2) is 6.96. The summed E-state index contributed by atoms with van der Waals surface area (Å²) in [5, 5.41) is 2.67. The second-order valence-corrected chi connectivity index (χ2v) is 6.31. The minimum Gasteiger partial charge on any atom is -0.456 e. The van der Waals surface area contributed by atoms with Gasteiger partial charge in [0.1, 0.15) is 11.3 Å². The summed E-state index contributed by atoms with van der Waals surface area (Å²) < 4.78 is 6.10. The van der Waals surface area contributed by atoms with Gasteiger partial charge < -0.3 is 4.42 Å². The molecule has 0 aliphatic heterocycles. The van der Waals surface area contributed by atoms with Gasteiger partial charge in [-0.15, -0.1) is 0 Å². The molecule has 3 aromatic carbocycles. The Kier molecular flexibility index (Phi) is 4.36. The van der Waals surface area contributed by atoms with Crippen molar-refractivity contribution >= 4 is 22.6 Å². The van der Waals surface area contributed by atoms with Crippen LogP contribution in [0.15, 0.2) is 89.3 Å². The summed E-state index contributed by atoms with van der Waals surface area (Å²) in [6.07, 6.45) is 0. The first-order chi connectivity index (χ1) is 12.3. The zero-order chi connectivity index (χ0) is 17.1. The number of hydrogen-bond donors (Lipinski definition) is 1. The van der Waals surface area contributed by atoms with E-state index in [1.54, 1.807) is 0 Å². The van der Waals surface area contributed by atoms with E-state index in [1.165, 1.54) is 5.56 Å². The lowest BCUT2D eigenvalue weighted by Gasteiger charge is -2.03. The molecule has 0 saturated heterocycles. The third-order valence-electron chi connectivity index (χ3n) is 4.11. The summed E-state index contributed by atoms with van der Waals surface area (Å²) >= 11 is 6.20. The van der Waals surface area contributed by atoms with E-state index in [9.17, 15) is 0 Å². The lowest BCUT2D eigenvalue weighted by Crippen LogP contribution is -2.75. The molecule has 0 unspecified atom stereocenters. The van der Waals surface area contributed by atoms with Crippen molar-refractivity contribution < 1.29 is 9.41 Å². The van der Waals surface area contributed by atoms with Crippen LogP contribution in [0, 0.1) is 0 Å². The normalized spacial score (nSPS) is 11.8. The van der Waals surface area contributed by atoms with Crippen LogP contribution >= 0.6 is 11.6 Å². The minimum absolute atomic E-state index is 0.693. The third kappa shape index (κ3) is 3.49. The van der Waals surface area contributed by atoms with E-state index in [4.69, 9.17) is 16.0 Å². The van der Waals surface area contributed by atoms with Crippen molar-refractivity contribution in [2.45, 2.75) is 6.54 Å². The zero-order valence-electron chi connectivity index (χ0n) is 13.6. The van der Waals surface area contributed by atoms with Gasteiger partial charge >= 0.3 is 0 Å². The highest BCUT2D eigenvalue weighted by molar-refractivity contribution is 6.31. The average Bonchev–Trinajstić information content (AvgIpc) is 2.67. The molecule has 4 rings (SSSR count). The molecule has 1 aromatic heterocycles. The van der Waals surface area contributed by atoms with Gasteiger partial charge in [-0.25, -0.2) is 4.99 Å². The molecule has 4 aromatic rings. The van der Waals surface area contributed by atoms with Gasteiger partial charge in [-0.2, -0.15) is 0 Å². The molecule has 25 heavy (non-hydrogen) atoms. The first-order valence-electron chi connectivity index (χ1n) is 8.19. The molecule has 1 N–H and O–H groups in total. The molecular formula is C22H17ClNO+. The van der Waals surface area contributed by atoms with E-state index in [0.29, 0.717) is 5.02 Å². The first-order valence-corrected chi connectivity index (χ1v) is 8.57. The summed E-state index contributed by atoms with van der Waals surface area (Å²) in [6.45, 7) is 0.737. The summed E-state index contributed by atoms with van der Waals surface area (Å²) in [4.78, 5) is 3.52. The van der Waals surface area contributed by atoms with Crippen molar-refractivity contribution in [3.63, 3.8) is 0 Å². The number of rotatable bonds is 3. The van der Waals surface area contributed by atoms with Gasteiger partial charge in [0.15, 0.2) is 6.54 Å². The zero-order valence-corrected chi connectivity index (χ0v) is 14.3. The van der Waals surface area contributed by atoms with Crippen molar-refractivity contribution in [2.75, 3.05) is 0 Å². The predicted octanol–water partition coefficient (Wildman–Crippen LogP) is 3.93. The largest absolute Gasteiger partial charge is 0.456 e. The Bertz CT molecular complexity index is 1070. The number of nitrogens with one attached hydrogen (secondary N) is 1. The average molecular weight is 347 g/mol. The maximum Gasteiger partial charge on any atom is 0.213 e. The smallest absolute Gasteiger partial charge is 0.213 e. The highest BCUT2D eigenvalue weighted by atomic mass is 35.5. The van der Waals surface area contributed by atoms with Gasteiger partial charge in [-0.1, -0.05) is 72.3 Å². The van der Waals surface area contributed by atoms with Crippen LogP contribution in [-0.2, 0) is 6.54 Å². The molecular weight excluding hydrogens is 330 g/mol. The number of fused-ring (bicyclic) bond motifs is 1.